The van der Waals surface area contributed by atoms with Crippen molar-refractivity contribution in [2.45, 2.75) is 19.4 Å². The molecule has 0 spiro atoms. The summed E-state index contributed by atoms with van der Waals surface area (Å²) in [7, 11) is 0. The summed E-state index contributed by atoms with van der Waals surface area (Å²) in [6.45, 7) is 1.52. The Morgan fingerprint density at radius 3 is 2.16 bits per heavy atom. The standard InChI is InChI=1S/C28H26INO/c29-27-14-9-23(10-15-27)8-13-26(25-6-2-1-3-7-25)22-24-11-16-28(17-12-24)31-21-20-30-18-4-5-19-30/h1-7,9-19H,8,20-22H2/b26-13-. The third-order valence-corrected chi connectivity index (χ3v) is 5.96. The second-order valence-electron chi connectivity index (χ2n) is 7.52. The van der Waals surface area contributed by atoms with Crippen molar-refractivity contribution in [3.05, 3.63) is 130 Å². The Hall–Kier alpha value is -2.79. The Bertz CT molecular complexity index is 1080. The van der Waals surface area contributed by atoms with Crippen molar-refractivity contribution in [1.29, 1.82) is 0 Å². The SMILES string of the molecule is Ic1ccc(C/C=C(/Cc2ccc(OCCn3cccc3)cc2)c2ccccc2)cc1. The molecule has 0 saturated carbocycles. The molecule has 1 heterocycles. The summed E-state index contributed by atoms with van der Waals surface area (Å²) >= 11 is 2.35. The van der Waals surface area contributed by atoms with Gasteiger partial charge in [-0.15, -0.1) is 0 Å². The maximum Gasteiger partial charge on any atom is 0.119 e. The molecule has 2 nitrogen and oxygen atoms in total. The van der Waals surface area contributed by atoms with Crippen molar-refractivity contribution in [2.24, 2.45) is 0 Å². The minimum Gasteiger partial charge on any atom is -0.492 e. The Kier molecular flexibility index (Phi) is 7.61. The maximum absolute atomic E-state index is 5.90. The van der Waals surface area contributed by atoms with Gasteiger partial charge in [-0.3, -0.25) is 0 Å². The summed E-state index contributed by atoms with van der Waals surface area (Å²) in [4.78, 5) is 0. The molecule has 156 valence electrons. The van der Waals surface area contributed by atoms with Crippen LogP contribution >= 0.6 is 22.6 Å². The normalized spacial score (nSPS) is 11.5. The van der Waals surface area contributed by atoms with Crippen LogP contribution in [0.1, 0.15) is 16.7 Å². The lowest BCUT2D eigenvalue weighted by Gasteiger charge is -2.11. The van der Waals surface area contributed by atoms with E-state index in [9.17, 15) is 0 Å². The lowest BCUT2D eigenvalue weighted by atomic mass is 9.96. The van der Waals surface area contributed by atoms with Crippen LogP contribution in [0.25, 0.3) is 5.57 Å². The molecule has 3 aromatic carbocycles. The molecule has 0 unspecified atom stereocenters. The van der Waals surface area contributed by atoms with Gasteiger partial charge in [-0.25, -0.2) is 0 Å². The van der Waals surface area contributed by atoms with Gasteiger partial charge in [0.25, 0.3) is 0 Å². The van der Waals surface area contributed by atoms with Crippen LogP contribution in [-0.4, -0.2) is 11.2 Å². The largest absolute Gasteiger partial charge is 0.492 e. The molecule has 0 bridgehead atoms. The number of nitrogens with zero attached hydrogens (tertiary/aromatic N) is 1. The first-order valence-corrected chi connectivity index (χ1v) is 11.7. The van der Waals surface area contributed by atoms with Crippen LogP contribution in [0, 0.1) is 3.57 Å². The lowest BCUT2D eigenvalue weighted by Crippen LogP contribution is -2.06. The van der Waals surface area contributed by atoms with E-state index in [0.29, 0.717) is 6.61 Å². The first kappa shape index (κ1) is 21.4. The highest BCUT2D eigenvalue weighted by atomic mass is 127. The number of allylic oxidation sites excluding steroid dienone is 2. The highest BCUT2D eigenvalue weighted by Crippen LogP contribution is 2.23. The number of hydrogen-bond acceptors (Lipinski definition) is 1. The molecular weight excluding hydrogens is 493 g/mol. The Balaban J connectivity index is 1.42. The molecule has 0 fully saturated rings. The molecule has 0 saturated heterocycles. The van der Waals surface area contributed by atoms with E-state index in [1.807, 2.05) is 12.1 Å². The quantitative estimate of drug-likeness (QED) is 0.217. The van der Waals surface area contributed by atoms with Crippen LogP contribution in [0.4, 0.5) is 0 Å². The molecule has 31 heavy (non-hydrogen) atoms. The smallest absolute Gasteiger partial charge is 0.119 e. The van der Waals surface area contributed by atoms with Gasteiger partial charge < -0.3 is 9.30 Å². The number of hydrogen-bond donors (Lipinski definition) is 0. The predicted molar refractivity (Wildman–Crippen MR) is 137 cm³/mol. The van der Waals surface area contributed by atoms with Gasteiger partial charge >= 0.3 is 0 Å². The zero-order valence-electron chi connectivity index (χ0n) is 17.5. The first-order chi connectivity index (χ1) is 15.3. The molecule has 0 aliphatic heterocycles. The second kappa shape index (κ2) is 11.0. The summed E-state index contributed by atoms with van der Waals surface area (Å²) < 4.78 is 9.29. The highest BCUT2D eigenvalue weighted by molar-refractivity contribution is 14.1. The molecule has 4 aromatic rings. The van der Waals surface area contributed by atoms with Crippen molar-refractivity contribution in [3.8, 4) is 5.75 Å². The fourth-order valence-corrected chi connectivity index (χ4v) is 3.88. The summed E-state index contributed by atoms with van der Waals surface area (Å²) in [5.74, 6) is 0.917. The number of aromatic nitrogens is 1. The summed E-state index contributed by atoms with van der Waals surface area (Å²) in [6, 6.07) is 32.0. The Labute approximate surface area is 198 Å². The molecule has 0 radical (unpaired) electrons. The van der Waals surface area contributed by atoms with E-state index < -0.39 is 0 Å². The van der Waals surface area contributed by atoms with E-state index in [4.69, 9.17) is 4.74 Å². The first-order valence-electron chi connectivity index (χ1n) is 10.6. The van der Waals surface area contributed by atoms with Crippen molar-refractivity contribution < 1.29 is 4.74 Å². The lowest BCUT2D eigenvalue weighted by molar-refractivity contribution is 0.298. The highest BCUT2D eigenvalue weighted by Gasteiger charge is 2.05. The molecule has 3 heteroatoms. The number of ether oxygens (including phenoxy) is 1. The molecule has 0 amide bonds. The minimum atomic E-state index is 0.666. The third-order valence-electron chi connectivity index (χ3n) is 5.24. The third kappa shape index (κ3) is 6.59. The van der Waals surface area contributed by atoms with Gasteiger partial charge in [0.15, 0.2) is 0 Å². The Morgan fingerprint density at radius 1 is 0.774 bits per heavy atom. The van der Waals surface area contributed by atoms with Crippen LogP contribution in [0.3, 0.4) is 0 Å². The van der Waals surface area contributed by atoms with Crippen LogP contribution in [0.15, 0.2) is 109 Å². The van der Waals surface area contributed by atoms with E-state index in [1.54, 1.807) is 0 Å². The zero-order chi connectivity index (χ0) is 21.3. The van der Waals surface area contributed by atoms with Crippen molar-refractivity contribution in [3.63, 3.8) is 0 Å². The minimum absolute atomic E-state index is 0.666. The predicted octanol–water partition coefficient (Wildman–Crippen LogP) is 7.04. The molecule has 1 aromatic heterocycles. The zero-order valence-corrected chi connectivity index (χ0v) is 19.6. The molecule has 0 N–H and O–H groups in total. The van der Waals surface area contributed by atoms with Gasteiger partial charge in [0.2, 0.25) is 0 Å². The van der Waals surface area contributed by atoms with Gasteiger partial charge in [0.05, 0.1) is 6.54 Å². The van der Waals surface area contributed by atoms with Gasteiger partial charge in [0.1, 0.15) is 12.4 Å². The van der Waals surface area contributed by atoms with Gasteiger partial charge in [-0.05, 0) is 94.1 Å². The van der Waals surface area contributed by atoms with E-state index in [0.717, 1.165) is 25.1 Å². The fraction of sp³-hybridized carbons (Fsp3) is 0.143. The number of halogens is 1. The second-order valence-corrected chi connectivity index (χ2v) is 8.76. The molecule has 0 atom stereocenters. The summed E-state index contributed by atoms with van der Waals surface area (Å²) in [6.07, 6.45) is 8.30. The molecular formula is C28H26INO. The average molecular weight is 519 g/mol. The maximum atomic E-state index is 5.90. The number of benzene rings is 3. The monoisotopic (exact) mass is 519 g/mol. The fourth-order valence-electron chi connectivity index (χ4n) is 3.52. The van der Waals surface area contributed by atoms with Gasteiger partial charge in [-0.1, -0.05) is 60.7 Å². The van der Waals surface area contributed by atoms with Gasteiger partial charge in [-0.2, -0.15) is 0 Å². The summed E-state index contributed by atoms with van der Waals surface area (Å²) in [5, 5.41) is 0. The van der Waals surface area contributed by atoms with E-state index in [1.165, 1.54) is 25.8 Å². The molecule has 4 rings (SSSR count). The average Bonchev–Trinajstić information content (AvgIpc) is 3.33. The van der Waals surface area contributed by atoms with E-state index in [-0.39, 0.29) is 0 Å². The van der Waals surface area contributed by atoms with Crippen LogP contribution in [0.5, 0.6) is 5.75 Å². The van der Waals surface area contributed by atoms with Crippen LogP contribution in [-0.2, 0) is 19.4 Å². The summed E-state index contributed by atoms with van der Waals surface area (Å²) in [5.41, 5.74) is 5.25. The van der Waals surface area contributed by atoms with Crippen LogP contribution < -0.4 is 4.74 Å². The molecule has 0 aliphatic rings. The number of rotatable bonds is 9. The molecule has 0 aliphatic carbocycles. The topological polar surface area (TPSA) is 14.2 Å². The van der Waals surface area contributed by atoms with E-state index in [2.05, 4.69) is 124 Å². The van der Waals surface area contributed by atoms with Crippen molar-refractivity contribution in [2.75, 3.05) is 6.61 Å². The Morgan fingerprint density at radius 2 is 1.45 bits per heavy atom. The van der Waals surface area contributed by atoms with Gasteiger partial charge in [0, 0.05) is 16.0 Å². The van der Waals surface area contributed by atoms with Crippen LogP contribution in [0.2, 0.25) is 0 Å². The van der Waals surface area contributed by atoms with Crippen molar-refractivity contribution in [1.82, 2.24) is 4.57 Å². The van der Waals surface area contributed by atoms with Crippen molar-refractivity contribution >= 4 is 28.2 Å². The van der Waals surface area contributed by atoms with E-state index >= 15 is 0 Å².